The molecule has 0 fully saturated rings. The number of H-pyrrole nitrogens is 1. The van der Waals surface area contributed by atoms with E-state index in [2.05, 4.69) is 15.2 Å². The number of hydrogen-bond donors (Lipinski definition) is 1. The number of fused-ring (bicyclic) bond motifs is 1. The second-order valence-electron chi connectivity index (χ2n) is 6.17. The summed E-state index contributed by atoms with van der Waals surface area (Å²) >= 11 is 1.22. The van der Waals surface area contributed by atoms with Crippen LogP contribution in [0.5, 0.6) is 0 Å². The minimum Gasteiger partial charge on any atom is -0.464 e. The maximum Gasteiger partial charge on any atom is 0.277 e. The monoisotopic (exact) mass is 382 g/mol. The highest BCUT2D eigenvalue weighted by Crippen LogP contribution is 2.29. The zero-order valence-electron chi connectivity index (χ0n) is 14.9. The number of nitrogens with one attached hydrogen (secondary N) is 1. The van der Waals surface area contributed by atoms with Gasteiger partial charge in [-0.1, -0.05) is 30.0 Å². The summed E-state index contributed by atoms with van der Waals surface area (Å²) in [6.45, 7) is 2.31. The van der Waals surface area contributed by atoms with E-state index in [9.17, 15) is 4.79 Å². The lowest BCUT2D eigenvalue weighted by Crippen LogP contribution is -2.27. The number of benzene rings is 1. The third kappa shape index (κ3) is 3.75. The molecule has 3 aromatic heterocycles. The van der Waals surface area contributed by atoms with Gasteiger partial charge in [0.05, 0.1) is 17.9 Å². The van der Waals surface area contributed by atoms with Gasteiger partial charge in [0.25, 0.3) is 11.1 Å². The first-order valence-corrected chi connectivity index (χ1v) is 9.41. The average molecular weight is 382 g/mol. The number of amides is 1. The zero-order valence-corrected chi connectivity index (χ0v) is 15.7. The number of aromatic amines is 1. The van der Waals surface area contributed by atoms with Gasteiger partial charge in [-0.25, -0.2) is 0 Å². The summed E-state index contributed by atoms with van der Waals surface area (Å²) in [6.07, 6.45) is 1.84. The van der Waals surface area contributed by atoms with E-state index in [1.54, 1.807) is 11.9 Å². The lowest BCUT2D eigenvalue weighted by molar-refractivity contribution is -0.127. The van der Waals surface area contributed by atoms with Gasteiger partial charge in [0.2, 0.25) is 5.91 Å². The molecular formula is C19H18N4O3S. The van der Waals surface area contributed by atoms with Crippen LogP contribution in [0.4, 0.5) is 0 Å². The van der Waals surface area contributed by atoms with Crippen molar-refractivity contribution in [2.75, 3.05) is 12.8 Å². The molecule has 1 aromatic carbocycles. The van der Waals surface area contributed by atoms with Crippen LogP contribution in [-0.2, 0) is 11.3 Å². The van der Waals surface area contributed by atoms with Crippen molar-refractivity contribution >= 4 is 28.6 Å². The molecule has 8 heteroatoms. The number of rotatable bonds is 6. The number of hydrogen-bond acceptors (Lipinski definition) is 6. The summed E-state index contributed by atoms with van der Waals surface area (Å²) in [4.78, 5) is 17.1. The summed E-state index contributed by atoms with van der Waals surface area (Å²) in [5, 5.41) is 9.53. The van der Waals surface area contributed by atoms with Crippen LogP contribution in [0.15, 0.2) is 56.7 Å². The molecule has 0 aliphatic carbocycles. The molecule has 0 atom stereocenters. The quantitative estimate of drug-likeness (QED) is 0.509. The third-order valence-electron chi connectivity index (χ3n) is 4.16. The van der Waals surface area contributed by atoms with E-state index in [0.717, 1.165) is 28.0 Å². The van der Waals surface area contributed by atoms with Crippen LogP contribution in [0.2, 0.25) is 0 Å². The number of furan rings is 1. The van der Waals surface area contributed by atoms with Crippen LogP contribution in [-0.4, -0.2) is 38.8 Å². The van der Waals surface area contributed by atoms with E-state index in [-0.39, 0.29) is 11.7 Å². The van der Waals surface area contributed by atoms with E-state index < -0.39 is 0 Å². The van der Waals surface area contributed by atoms with Crippen molar-refractivity contribution < 1.29 is 13.6 Å². The smallest absolute Gasteiger partial charge is 0.277 e. The third-order valence-corrected chi connectivity index (χ3v) is 4.96. The molecule has 0 saturated heterocycles. The molecule has 1 amide bonds. The number of carbonyl (C=O) groups excluding carboxylic acids is 1. The Hall–Kier alpha value is -3.00. The summed E-state index contributed by atoms with van der Waals surface area (Å²) in [6, 6.07) is 11.7. The van der Waals surface area contributed by atoms with E-state index >= 15 is 0 Å². The highest BCUT2D eigenvalue weighted by atomic mass is 32.2. The second kappa shape index (κ2) is 7.32. The van der Waals surface area contributed by atoms with Gasteiger partial charge in [0.15, 0.2) is 0 Å². The first-order chi connectivity index (χ1) is 13.1. The Morgan fingerprint density at radius 2 is 2.04 bits per heavy atom. The molecule has 0 unspecified atom stereocenters. The highest BCUT2D eigenvalue weighted by molar-refractivity contribution is 7.99. The van der Waals surface area contributed by atoms with Crippen molar-refractivity contribution in [2.45, 2.75) is 18.7 Å². The zero-order chi connectivity index (χ0) is 18.8. The number of aromatic nitrogens is 3. The molecule has 4 aromatic rings. The van der Waals surface area contributed by atoms with Crippen molar-refractivity contribution in [2.24, 2.45) is 0 Å². The Bertz CT molecular complexity index is 1080. The maximum atomic E-state index is 12.3. The predicted molar refractivity (Wildman–Crippen MR) is 102 cm³/mol. The van der Waals surface area contributed by atoms with Gasteiger partial charge in [0, 0.05) is 24.1 Å². The Labute approximate surface area is 159 Å². The maximum absolute atomic E-state index is 12.3. The summed E-state index contributed by atoms with van der Waals surface area (Å²) in [5.41, 5.74) is 1.85. The fraction of sp³-hybridized carbons (Fsp3) is 0.211. The van der Waals surface area contributed by atoms with Crippen LogP contribution in [0, 0.1) is 6.92 Å². The lowest BCUT2D eigenvalue weighted by Gasteiger charge is -2.14. The average Bonchev–Trinajstić information content (AvgIpc) is 3.39. The van der Waals surface area contributed by atoms with E-state index in [0.29, 0.717) is 17.7 Å². The van der Waals surface area contributed by atoms with Crippen molar-refractivity contribution in [3.63, 3.8) is 0 Å². The Kier molecular flexibility index (Phi) is 4.72. The topological polar surface area (TPSA) is 88.2 Å². The van der Waals surface area contributed by atoms with Crippen molar-refractivity contribution in [1.29, 1.82) is 0 Å². The Morgan fingerprint density at radius 1 is 1.19 bits per heavy atom. The molecule has 3 heterocycles. The molecule has 0 bridgehead atoms. The molecule has 138 valence electrons. The normalized spacial score (nSPS) is 11.2. The minimum atomic E-state index is -0.0408. The standard InChI is InChI=1S/C19H18N4O3S/c1-12-7-8-13(25-12)10-23(2)17(24)11-27-19-22-21-18(26-19)15-9-20-16-6-4-3-5-14(15)16/h3-9,20H,10-11H2,1-2H3. The molecule has 4 rings (SSSR count). The number of aryl methyl sites for hydroxylation is 1. The van der Waals surface area contributed by atoms with E-state index in [4.69, 9.17) is 8.83 Å². The Balaban J connectivity index is 1.38. The molecule has 0 radical (unpaired) electrons. The van der Waals surface area contributed by atoms with Crippen molar-refractivity contribution in [1.82, 2.24) is 20.1 Å². The largest absolute Gasteiger partial charge is 0.464 e. The van der Waals surface area contributed by atoms with Gasteiger partial charge in [-0.3, -0.25) is 4.79 Å². The van der Waals surface area contributed by atoms with Crippen molar-refractivity contribution in [3.05, 3.63) is 54.1 Å². The fourth-order valence-electron chi connectivity index (χ4n) is 2.75. The van der Waals surface area contributed by atoms with Gasteiger partial charge in [-0.2, -0.15) is 0 Å². The first-order valence-electron chi connectivity index (χ1n) is 8.42. The number of nitrogens with zero attached hydrogens (tertiary/aromatic N) is 3. The molecule has 0 spiro atoms. The lowest BCUT2D eigenvalue weighted by atomic mass is 10.2. The Morgan fingerprint density at radius 3 is 2.85 bits per heavy atom. The molecule has 27 heavy (non-hydrogen) atoms. The molecule has 0 aliphatic rings. The number of thioether (sulfide) groups is 1. The van der Waals surface area contributed by atoms with Crippen LogP contribution >= 0.6 is 11.8 Å². The van der Waals surface area contributed by atoms with E-state index in [1.807, 2.05) is 49.5 Å². The van der Waals surface area contributed by atoms with Gasteiger partial charge < -0.3 is 18.7 Å². The summed E-state index contributed by atoms with van der Waals surface area (Å²) in [7, 11) is 1.74. The van der Waals surface area contributed by atoms with Crippen molar-refractivity contribution in [3.8, 4) is 11.5 Å². The minimum absolute atomic E-state index is 0.0408. The van der Waals surface area contributed by atoms with E-state index in [1.165, 1.54) is 11.8 Å². The SMILES string of the molecule is Cc1ccc(CN(C)C(=O)CSc2nnc(-c3c[nH]c4ccccc34)o2)o1. The number of para-hydroxylation sites is 1. The van der Waals surface area contributed by atoms with Gasteiger partial charge in [-0.15, -0.1) is 10.2 Å². The molecular weight excluding hydrogens is 364 g/mol. The van der Waals surface area contributed by atoms with Gasteiger partial charge in [0.1, 0.15) is 11.5 Å². The second-order valence-corrected chi connectivity index (χ2v) is 7.10. The molecule has 7 nitrogen and oxygen atoms in total. The van der Waals surface area contributed by atoms with Crippen LogP contribution in [0.25, 0.3) is 22.4 Å². The van der Waals surface area contributed by atoms with Crippen LogP contribution < -0.4 is 0 Å². The highest BCUT2D eigenvalue weighted by Gasteiger charge is 2.16. The van der Waals surface area contributed by atoms with Gasteiger partial charge >= 0.3 is 0 Å². The first kappa shape index (κ1) is 17.4. The molecule has 0 saturated carbocycles. The van der Waals surface area contributed by atoms with Gasteiger partial charge in [-0.05, 0) is 25.1 Å². The summed E-state index contributed by atoms with van der Waals surface area (Å²) in [5.74, 6) is 2.19. The molecule has 0 aliphatic heterocycles. The fourth-order valence-corrected chi connectivity index (χ4v) is 3.45. The molecule has 1 N–H and O–H groups in total. The summed E-state index contributed by atoms with van der Waals surface area (Å²) < 4.78 is 11.2. The van der Waals surface area contributed by atoms with Crippen LogP contribution in [0.3, 0.4) is 0 Å². The predicted octanol–water partition coefficient (Wildman–Crippen LogP) is 3.87. The van der Waals surface area contributed by atoms with Crippen LogP contribution in [0.1, 0.15) is 11.5 Å². The number of carbonyl (C=O) groups is 1.